The van der Waals surface area contributed by atoms with E-state index >= 15 is 0 Å². The molecule has 0 unspecified atom stereocenters. The van der Waals surface area contributed by atoms with Gasteiger partial charge in [-0.1, -0.05) is 29.8 Å². The Kier molecular flexibility index (Phi) is 4.36. The Labute approximate surface area is 160 Å². The number of fused-ring (bicyclic) bond motifs is 3. The first-order chi connectivity index (χ1) is 12.0. The summed E-state index contributed by atoms with van der Waals surface area (Å²) >= 11 is 9.46. The standard InChI is InChI=1S/C20H16ClNOS2/c1-12-4-3-5-15(8-12)22(2)20(23)18-9-13-11-24-17-10-14(21)6-7-16(17)19(13)25-18/h3-10H,11H2,1-2H3. The number of thioether (sulfide) groups is 1. The van der Waals surface area contributed by atoms with Crippen LogP contribution in [0.2, 0.25) is 5.02 Å². The Balaban J connectivity index is 1.69. The number of carbonyl (C=O) groups excluding carboxylic acids is 1. The van der Waals surface area contributed by atoms with Crippen LogP contribution in [0.15, 0.2) is 53.4 Å². The number of hydrogen-bond acceptors (Lipinski definition) is 3. The van der Waals surface area contributed by atoms with Crippen LogP contribution in [0, 0.1) is 6.92 Å². The van der Waals surface area contributed by atoms with Gasteiger partial charge in [-0.25, -0.2) is 0 Å². The normalized spacial score (nSPS) is 12.4. The molecule has 1 aliphatic rings. The summed E-state index contributed by atoms with van der Waals surface area (Å²) in [5, 5.41) is 0.752. The van der Waals surface area contributed by atoms with Gasteiger partial charge >= 0.3 is 0 Å². The van der Waals surface area contributed by atoms with Gasteiger partial charge < -0.3 is 4.90 Å². The lowest BCUT2D eigenvalue weighted by Crippen LogP contribution is -2.25. The molecule has 0 aliphatic carbocycles. The second-order valence-electron chi connectivity index (χ2n) is 6.10. The summed E-state index contributed by atoms with van der Waals surface area (Å²) in [6.07, 6.45) is 0. The number of amides is 1. The summed E-state index contributed by atoms with van der Waals surface area (Å²) in [7, 11) is 1.83. The van der Waals surface area contributed by atoms with Crippen LogP contribution in [0.25, 0.3) is 10.4 Å². The third-order valence-corrected chi connectivity index (χ3v) is 6.82. The average molecular weight is 386 g/mol. The van der Waals surface area contributed by atoms with Gasteiger partial charge in [-0.3, -0.25) is 4.79 Å². The van der Waals surface area contributed by atoms with Gasteiger partial charge in [-0.05, 0) is 48.4 Å². The van der Waals surface area contributed by atoms with Crippen LogP contribution in [0.1, 0.15) is 20.8 Å². The highest BCUT2D eigenvalue weighted by Crippen LogP contribution is 2.46. The molecule has 126 valence electrons. The maximum atomic E-state index is 12.9. The van der Waals surface area contributed by atoms with Crippen molar-refractivity contribution in [2.24, 2.45) is 0 Å². The van der Waals surface area contributed by atoms with Crippen LogP contribution < -0.4 is 4.90 Å². The minimum absolute atomic E-state index is 0.0329. The molecule has 4 rings (SSSR count). The first-order valence-electron chi connectivity index (χ1n) is 7.93. The zero-order chi connectivity index (χ0) is 17.6. The second kappa shape index (κ2) is 6.52. The SMILES string of the molecule is Cc1cccc(N(C)C(=O)c2cc3c(s2)-c2ccc(Cl)cc2SC3)c1. The van der Waals surface area contributed by atoms with E-state index in [0.717, 1.165) is 26.9 Å². The van der Waals surface area contributed by atoms with E-state index in [0.29, 0.717) is 0 Å². The third-order valence-electron chi connectivity index (χ3n) is 4.28. The van der Waals surface area contributed by atoms with Crippen LogP contribution in [-0.4, -0.2) is 13.0 Å². The summed E-state index contributed by atoms with van der Waals surface area (Å²) in [5.74, 6) is 0.908. The monoisotopic (exact) mass is 385 g/mol. The molecule has 0 radical (unpaired) electrons. The topological polar surface area (TPSA) is 20.3 Å². The third kappa shape index (κ3) is 3.10. The number of carbonyl (C=O) groups is 1. The van der Waals surface area contributed by atoms with E-state index in [1.165, 1.54) is 20.9 Å². The summed E-state index contributed by atoms with van der Waals surface area (Å²) in [6, 6.07) is 16.0. The molecule has 2 heterocycles. The van der Waals surface area contributed by atoms with E-state index < -0.39 is 0 Å². The van der Waals surface area contributed by atoms with Crippen molar-refractivity contribution < 1.29 is 4.79 Å². The average Bonchev–Trinajstić information content (AvgIpc) is 3.04. The minimum Gasteiger partial charge on any atom is -0.311 e. The molecular weight excluding hydrogens is 370 g/mol. The lowest BCUT2D eigenvalue weighted by atomic mass is 10.1. The molecule has 1 amide bonds. The Morgan fingerprint density at radius 3 is 2.80 bits per heavy atom. The fourth-order valence-corrected chi connectivity index (χ4v) is 5.61. The van der Waals surface area contributed by atoms with Crippen LogP contribution in [-0.2, 0) is 5.75 Å². The van der Waals surface area contributed by atoms with Gasteiger partial charge in [0.05, 0.1) is 4.88 Å². The van der Waals surface area contributed by atoms with Gasteiger partial charge in [0.15, 0.2) is 0 Å². The molecule has 25 heavy (non-hydrogen) atoms. The van der Waals surface area contributed by atoms with Crippen molar-refractivity contribution in [3.05, 3.63) is 69.6 Å². The number of halogens is 1. The Bertz CT molecular complexity index is 980. The van der Waals surface area contributed by atoms with Crippen LogP contribution in [0.5, 0.6) is 0 Å². The predicted octanol–water partition coefficient (Wildman–Crippen LogP) is 6.26. The van der Waals surface area contributed by atoms with Crippen LogP contribution in [0.4, 0.5) is 5.69 Å². The Morgan fingerprint density at radius 1 is 1.16 bits per heavy atom. The molecule has 0 saturated heterocycles. The molecule has 2 nitrogen and oxygen atoms in total. The maximum Gasteiger partial charge on any atom is 0.268 e. The molecule has 0 spiro atoms. The van der Waals surface area contributed by atoms with E-state index in [1.54, 1.807) is 28.0 Å². The number of hydrogen-bond donors (Lipinski definition) is 0. The molecule has 0 fully saturated rings. The Hall–Kier alpha value is -1.75. The second-order valence-corrected chi connectivity index (χ2v) is 8.60. The molecule has 0 bridgehead atoms. The quantitative estimate of drug-likeness (QED) is 0.518. The zero-order valence-electron chi connectivity index (χ0n) is 13.9. The van der Waals surface area contributed by atoms with Gasteiger partial charge in [0.1, 0.15) is 0 Å². The van der Waals surface area contributed by atoms with Crippen LogP contribution >= 0.6 is 34.7 Å². The van der Waals surface area contributed by atoms with Gasteiger partial charge in [0.25, 0.3) is 5.91 Å². The number of nitrogens with zero attached hydrogens (tertiary/aromatic N) is 1. The van der Waals surface area contributed by atoms with Crippen LogP contribution in [0.3, 0.4) is 0 Å². The van der Waals surface area contributed by atoms with Gasteiger partial charge in [0.2, 0.25) is 0 Å². The Morgan fingerprint density at radius 2 is 2.00 bits per heavy atom. The van der Waals surface area contributed by atoms with E-state index in [4.69, 9.17) is 11.6 Å². The summed E-state index contributed by atoms with van der Waals surface area (Å²) in [5.41, 5.74) is 4.46. The van der Waals surface area contributed by atoms with Crippen molar-refractivity contribution in [2.75, 3.05) is 11.9 Å². The largest absolute Gasteiger partial charge is 0.311 e. The summed E-state index contributed by atoms with van der Waals surface area (Å²) < 4.78 is 0. The first kappa shape index (κ1) is 16.7. The molecular formula is C20H16ClNOS2. The highest BCUT2D eigenvalue weighted by Gasteiger charge is 2.24. The van der Waals surface area contributed by atoms with Crippen molar-refractivity contribution in [1.29, 1.82) is 0 Å². The number of rotatable bonds is 2. The van der Waals surface area contributed by atoms with Crippen molar-refractivity contribution in [2.45, 2.75) is 17.6 Å². The number of aryl methyl sites for hydroxylation is 1. The summed E-state index contributed by atoms with van der Waals surface area (Å²) in [6.45, 7) is 2.03. The molecule has 2 aromatic carbocycles. The first-order valence-corrected chi connectivity index (χ1v) is 10.1. The molecule has 0 atom stereocenters. The molecule has 3 aromatic rings. The van der Waals surface area contributed by atoms with Crippen molar-refractivity contribution >= 4 is 46.3 Å². The van der Waals surface area contributed by atoms with Crippen molar-refractivity contribution in [3.63, 3.8) is 0 Å². The van der Waals surface area contributed by atoms with E-state index in [2.05, 4.69) is 6.07 Å². The highest BCUT2D eigenvalue weighted by molar-refractivity contribution is 7.98. The fourth-order valence-electron chi connectivity index (χ4n) is 2.95. The van der Waals surface area contributed by atoms with Gasteiger partial charge in [0, 0.05) is 38.8 Å². The molecule has 5 heteroatoms. The smallest absolute Gasteiger partial charge is 0.268 e. The fraction of sp³-hybridized carbons (Fsp3) is 0.150. The highest BCUT2D eigenvalue weighted by atomic mass is 35.5. The van der Waals surface area contributed by atoms with E-state index in [1.807, 2.05) is 56.4 Å². The minimum atomic E-state index is 0.0329. The van der Waals surface area contributed by atoms with E-state index in [9.17, 15) is 4.79 Å². The van der Waals surface area contributed by atoms with Gasteiger partial charge in [-0.15, -0.1) is 23.1 Å². The number of benzene rings is 2. The number of thiophene rings is 1. The van der Waals surface area contributed by atoms with Gasteiger partial charge in [-0.2, -0.15) is 0 Å². The molecule has 0 N–H and O–H groups in total. The molecule has 1 aromatic heterocycles. The molecule has 1 aliphatic heterocycles. The van der Waals surface area contributed by atoms with Crippen molar-refractivity contribution in [1.82, 2.24) is 0 Å². The molecule has 0 saturated carbocycles. The number of anilines is 1. The van der Waals surface area contributed by atoms with E-state index in [-0.39, 0.29) is 5.91 Å². The lowest BCUT2D eigenvalue weighted by Gasteiger charge is -2.16. The summed E-state index contributed by atoms with van der Waals surface area (Å²) in [4.78, 5) is 17.8. The lowest BCUT2D eigenvalue weighted by molar-refractivity contribution is 0.0997. The maximum absolute atomic E-state index is 12.9. The zero-order valence-corrected chi connectivity index (χ0v) is 16.3. The predicted molar refractivity (Wildman–Crippen MR) is 108 cm³/mol. The van der Waals surface area contributed by atoms with Crippen molar-refractivity contribution in [3.8, 4) is 10.4 Å².